The number of aryl methyl sites for hydroxylation is 3. The molecule has 1 aromatic heterocycles. The van der Waals surface area contributed by atoms with Crippen LogP contribution in [-0.2, 0) is 20.2 Å². The Labute approximate surface area is 133 Å². The first-order valence-corrected chi connectivity index (χ1v) is 7.90. The molecule has 4 heteroatoms. The smallest absolute Gasteiger partial charge is 0.0687 e. The van der Waals surface area contributed by atoms with Crippen LogP contribution in [0.4, 0.5) is 0 Å². The van der Waals surface area contributed by atoms with Crippen molar-refractivity contribution >= 4 is 0 Å². The summed E-state index contributed by atoms with van der Waals surface area (Å²) < 4.78 is 1.93. The highest BCUT2D eigenvalue weighted by molar-refractivity contribution is 5.44. The molecule has 0 saturated carbocycles. The molecule has 0 aliphatic heterocycles. The summed E-state index contributed by atoms with van der Waals surface area (Å²) in [5.74, 6) is 0. The quantitative estimate of drug-likeness (QED) is 0.862. The summed E-state index contributed by atoms with van der Waals surface area (Å²) >= 11 is 0. The zero-order valence-electron chi connectivity index (χ0n) is 14.3. The van der Waals surface area contributed by atoms with Gasteiger partial charge in [-0.25, -0.2) is 0 Å². The first kappa shape index (κ1) is 16.7. The molecule has 2 aromatic rings. The number of rotatable bonds is 6. The minimum atomic E-state index is 0.101. The molecule has 0 spiro atoms. The Hall–Kier alpha value is -1.65. The molecule has 0 fully saturated rings. The largest absolute Gasteiger partial charge is 0.392 e. The summed E-state index contributed by atoms with van der Waals surface area (Å²) in [6.45, 7) is 9.39. The van der Waals surface area contributed by atoms with E-state index < -0.39 is 0 Å². The molecule has 0 bridgehead atoms. The second kappa shape index (κ2) is 7.07. The van der Waals surface area contributed by atoms with E-state index in [1.54, 1.807) is 0 Å². The lowest BCUT2D eigenvalue weighted by Gasteiger charge is -2.21. The maximum absolute atomic E-state index is 9.59. The van der Waals surface area contributed by atoms with Crippen LogP contribution in [0.15, 0.2) is 18.3 Å². The third-order valence-corrected chi connectivity index (χ3v) is 4.60. The fourth-order valence-corrected chi connectivity index (χ4v) is 3.20. The van der Waals surface area contributed by atoms with Gasteiger partial charge in [0, 0.05) is 25.8 Å². The van der Waals surface area contributed by atoms with E-state index in [2.05, 4.69) is 50.2 Å². The molecular formula is C18H27N3O. The SMILES string of the molecule is CC[C@H](NCc1c(C)cc(C)c(CO)c1C)c1ccnn1C. The Kier molecular flexibility index (Phi) is 5.37. The minimum Gasteiger partial charge on any atom is -0.392 e. The maximum atomic E-state index is 9.59. The average molecular weight is 301 g/mol. The first-order chi connectivity index (χ1) is 10.5. The van der Waals surface area contributed by atoms with Crippen molar-refractivity contribution in [1.29, 1.82) is 0 Å². The van der Waals surface area contributed by atoms with Gasteiger partial charge in [-0.1, -0.05) is 13.0 Å². The Morgan fingerprint density at radius 1 is 1.23 bits per heavy atom. The Bertz CT molecular complexity index is 646. The van der Waals surface area contributed by atoms with Crippen molar-refractivity contribution in [2.75, 3.05) is 0 Å². The van der Waals surface area contributed by atoms with Crippen molar-refractivity contribution in [3.63, 3.8) is 0 Å². The van der Waals surface area contributed by atoms with Crippen LogP contribution < -0.4 is 5.32 Å². The molecule has 0 aliphatic carbocycles. The van der Waals surface area contributed by atoms with Gasteiger partial charge in [-0.15, -0.1) is 0 Å². The van der Waals surface area contributed by atoms with E-state index in [0.29, 0.717) is 0 Å². The van der Waals surface area contributed by atoms with Crippen molar-refractivity contribution in [2.45, 2.75) is 53.3 Å². The molecule has 22 heavy (non-hydrogen) atoms. The minimum absolute atomic E-state index is 0.101. The van der Waals surface area contributed by atoms with Crippen molar-refractivity contribution in [2.24, 2.45) is 7.05 Å². The fourth-order valence-electron chi connectivity index (χ4n) is 3.20. The van der Waals surface area contributed by atoms with Crippen molar-refractivity contribution in [1.82, 2.24) is 15.1 Å². The predicted molar refractivity (Wildman–Crippen MR) is 89.7 cm³/mol. The van der Waals surface area contributed by atoms with Gasteiger partial charge in [0.1, 0.15) is 0 Å². The molecule has 2 N–H and O–H groups in total. The molecule has 1 aromatic carbocycles. The van der Waals surface area contributed by atoms with E-state index in [0.717, 1.165) is 18.5 Å². The van der Waals surface area contributed by atoms with E-state index in [9.17, 15) is 5.11 Å². The molecular weight excluding hydrogens is 274 g/mol. The molecule has 0 amide bonds. The topological polar surface area (TPSA) is 50.1 Å². The number of aliphatic hydroxyl groups is 1. The zero-order valence-corrected chi connectivity index (χ0v) is 14.3. The number of benzene rings is 1. The Balaban J connectivity index is 2.22. The fraction of sp³-hybridized carbons (Fsp3) is 0.500. The van der Waals surface area contributed by atoms with Crippen LogP contribution in [-0.4, -0.2) is 14.9 Å². The second-order valence-corrected chi connectivity index (χ2v) is 5.97. The van der Waals surface area contributed by atoms with Gasteiger partial charge in [-0.2, -0.15) is 5.10 Å². The molecule has 4 nitrogen and oxygen atoms in total. The lowest BCUT2D eigenvalue weighted by atomic mass is 9.93. The molecule has 1 heterocycles. The third kappa shape index (κ3) is 3.23. The van der Waals surface area contributed by atoms with E-state index in [-0.39, 0.29) is 12.6 Å². The van der Waals surface area contributed by atoms with E-state index >= 15 is 0 Å². The highest BCUT2D eigenvalue weighted by Crippen LogP contribution is 2.24. The molecule has 1 atom stereocenters. The standard InChI is InChI=1S/C18H27N3O/c1-6-17(18-7-8-20-21(18)5)19-10-15-12(2)9-13(3)16(11-22)14(15)4/h7-9,17,19,22H,6,10-11H2,1-5H3/t17-/m0/s1. The normalized spacial score (nSPS) is 12.6. The third-order valence-electron chi connectivity index (χ3n) is 4.60. The Morgan fingerprint density at radius 2 is 1.91 bits per heavy atom. The number of hydrogen-bond acceptors (Lipinski definition) is 3. The predicted octanol–water partition coefficient (Wildman–Crippen LogP) is 3.08. The van der Waals surface area contributed by atoms with Gasteiger partial charge in [-0.3, -0.25) is 4.68 Å². The van der Waals surface area contributed by atoms with Crippen molar-refractivity contribution < 1.29 is 5.11 Å². The van der Waals surface area contributed by atoms with Crippen LogP contribution in [0, 0.1) is 20.8 Å². The molecule has 0 saturated heterocycles. The van der Waals surface area contributed by atoms with Crippen LogP contribution in [0.25, 0.3) is 0 Å². The second-order valence-electron chi connectivity index (χ2n) is 5.97. The summed E-state index contributed by atoms with van der Waals surface area (Å²) in [5, 5.41) is 17.5. The van der Waals surface area contributed by atoms with Crippen LogP contribution in [0.5, 0.6) is 0 Å². The summed E-state index contributed by atoms with van der Waals surface area (Å²) in [6, 6.07) is 4.51. The van der Waals surface area contributed by atoms with Crippen LogP contribution >= 0.6 is 0 Å². The van der Waals surface area contributed by atoms with E-state index in [4.69, 9.17) is 0 Å². The average Bonchev–Trinajstić information content (AvgIpc) is 2.89. The van der Waals surface area contributed by atoms with Crippen LogP contribution in [0.1, 0.15) is 52.9 Å². The van der Waals surface area contributed by atoms with Crippen LogP contribution in [0.3, 0.4) is 0 Å². The summed E-state index contributed by atoms with van der Waals surface area (Å²) in [6.07, 6.45) is 2.85. The van der Waals surface area contributed by atoms with Crippen molar-refractivity contribution in [3.05, 3.63) is 51.8 Å². The number of nitrogens with zero attached hydrogens (tertiary/aromatic N) is 2. The van der Waals surface area contributed by atoms with Gasteiger partial charge in [0.05, 0.1) is 12.3 Å². The molecule has 0 radical (unpaired) electrons. The van der Waals surface area contributed by atoms with Crippen LogP contribution in [0.2, 0.25) is 0 Å². The van der Waals surface area contributed by atoms with Gasteiger partial charge in [0.15, 0.2) is 0 Å². The highest BCUT2D eigenvalue weighted by Gasteiger charge is 2.15. The summed E-state index contributed by atoms with van der Waals surface area (Å²) in [7, 11) is 1.98. The summed E-state index contributed by atoms with van der Waals surface area (Å²) in [4.78, 5) is 0. The number of hydrogen-bond donors (Lipinski definition) is 2. The van der Waals surface area contributed by atoms with Crippen molar-refractivity contribution in [3.8, 4) is 0 Å². The van der Waals surface area contributed by atoms with Gasteiger partial charge >= 0.3 is 0 Å². The number of aliphatic hydroxyl groups excluding tert-OH is 1. The highest BCUT2D eigenvalue weighted by atomic mass is 16.3. The van der Waals surface area contributed by atoms with Gasteiger partial charge < -0.3 is 10.4 Å². The van der Waals surface area contributed by atoms with Gasteiger partial charge in [0.25, 0.3) is 0 Å². The monoisotopic (exact) mass is 301 g/mol. The number of aromatic nitrogens is 2. The molecule has 0 unspecified atom stereocenters. The first-order valence-electron chi connectivity index (χ1n) is 7.90. The summed E-state index contributed by atoms with van der Waals surface area (Å²) in [5.41, 5.74) is 7.19. The Morgan fingerprint density at radius 3 is 2.45 bits per heavy atom. The lowest BCUT2D eigenvalue weighted by molar-refractivity contribution is 0.280. The molecule has 0 aliphatic rings. The van der Waals surface area contributed by atoms with E-state index in [1.807, 2.05) is 17.9 Å². The van der Waals surface area contributed by atoms with E-state index in [1.165, 1.54) is 27.9 Å². The van der Waals surface area contributed by atoms with Gasteiger partial charge in [0.2, 0.25) is 0 Å². The molecule has 120 valence electrons. The molecule has 2 rings (SSSR count). The van der Waals surface area contributed by atoms with Gasteiger partial charge in [-0.05, 0) is 61.1 Å². The lowest BCUT2D eigenvalue weighted by Crippen LogP contribution is -2.23. The number of nitrogens with one attached hydrogen (secondary N) is 1. The zero-order chi connectivity index (χ0) is 16.3. The maximum Gasteiger partial charge on any atom is 0.0687 e.